The molecule has 0 saturated carbocycles. The maximum atomic E-state index is 4.81. The lowest BCUT2D eigenvalue weighted by molar-refractivity contribution is 0.576. The Morgan fingerprint density at radius 2 is 2.18 bits per heavy atom. The Morgan fingerprint density at radius 1 is 1.18 bits per heavy atom. The predicted molar refractivity (Wildman–Crippen MR) is 110 cm³/mol. The first kappa shape index (κ1) is 16.0. The van der Waals surface area contributed by atoms with Crippen LogP contribution in [0.15, 0.2) is 48.9 Å². The molecule has 0 unspecified atom stereocenters. The SMILES string of the molecule is c1cc(Nc2cc3nc(-n4cccn4)sc3cn2)nc(N2C[C@@H]3C[C@H]2CN3)c1. The molecule has 6 heterocycles. The number of anilines is 3. The number of nitrogens with one attached hydrogen (secondary N) is 2. The van der Waals surface area contributed by atoms with Gasteiger partial charge in [0.25, 0.3) is 0 Å². The third kappa shape index (κ3) is 2.71. The van der Waals surface area contributed by atoms with E-state index in [1.165, 1.54) is 6.42 Å². The van der Waals surface area contributed by atoms with E-state index < -0.39 is 0 Å². The highest BCUT2D eigenvalue weighted by Crippen LogP contribution is 2.30. The summed E-state index contributed by atoms with van der Waals surface area (Å²) in [6.45, 7) is 2.07. The summed E-state index contributed by atoms with van der Waals surface area (Å²) in [5.41, 5.74) is 0.895. The molecule has 6 rings (SSSR count). The van der Waals surface area contributed by atoms with Crippen LogP contribution in [0, 0.1) is 0 Å². The monoisotopic (exact) mass is 390 g/mol. The molecule has 0 radical (unpaired) electrons. The molecule has 2 aliphatic heterocycles. The van der Waals surface area contributed by atoms with Crippen molar-refractivity contribution in [3.05, 3.63) is 48.9 Å². The second kappa shape index (κ2) is 6.25. The van der Waals surface area contributed by atoms with E-state index in [4.69, 9.17) is 4.98 Å². The molecule has 28 heavy (non-hydrogen) atoms. The van der Waals surface area contributed by atoms with Crippen LogP contribution in [0.2, 0.25) is 0 Å². The lowest BCUT2D eigenvalue weighted by Gasteiger charge is -2.28. The van der Waals surface area contributed by atoms with E-state index in [0.717, 1.165) is 45.9 Å². The Labute approximate surface area is 165 Å². The summed E-state index contributed by atoms with van der Waals surface area (Å²) < 4.78 is 2.79. The number of nitrogens with zero attached hydrogens (tertiary/aromatic N) is 6. The van der Waals surface area contributed by atoms with Crippen molar-refractivity contribution in [1.82, 2.24) is 30.0 Å². The van der Waals surface area contributed by atoms with Crippen molar-refractivity contribution in [2.45, 2.75) is 18.5 Å². The van der Waals surface area contributed by atoms with E-state index in [-0.39, 0.29) is 0 Å². The van der Waals surface area contributed by atoms with Gasteiger partial charge in [0.2, 0.25) is 5.13 Å². The standard InChI is InChI=1S/C19H18N8S/c1-3-16(25-18(4-1)26-11-12-7-13(26)9-20-12)24-17-8-14-15(10-21-17)28-19(23-14)27-6-2-5-22-27/h1-6,8,10,12-13,20H,7,9,11H2,(H,21,24,25)/t12-,13-/m0/s1. The summed E-state index contributed by atoms with van der Waals surface area (Å²) in [6, 6.07) is 11.1. The molecule has 0 aliphatic carbocycles. The fourth-order valence-electron chi connectivity index (χ4n) is 4.00. The molecule has 8 nitrogen and oxygen atoms in total. The summed E-state index contributed by atoms with van der Waals surface area (Å²) in [4.78, 5) is 16.4. The highest BCUT2D eigenvalue weighted by molar-refractivity contribution is 7.20. The van der Waals surface area contributed by atoms with Crippen molar-refractivity contribution in [3.8, 4) is 5.13 Å². The predicted octanol–water partition coefficient (Wildman–Crippen LogP) is 2.57. The van der Waals surface area contributed by atoms with E-state index in [0.29, 0.717) is 12.1 Å². The first-order valence-electron chi connectivity index (χ1n) is 9.32. The summed E-state index contributed by atoms with van der Waals surface area (Å²) in [5.74, 6) is 2.55. The van der Waals surface area contributed by atoms with Gasteiger partial charge in [0.05, 0.1) is 10.2 Å². The number of hydrogen-bond acceptors (Lipinski definition) is 8. The molecule has 2 atom stereocenters. The Kier molecular flexibility index (Phi) is 3.56. The van der Waals surface area contributed by atoms with Crippen molar-refractivity contribution in [2.75, 3.05) is 23.3 Å². The zero-order valence-corrected chi connectivity index (χ0v) is 15.8. The number of pyridine rings is 2. The highest BCUT2D eigenvalue weighted by Gasteiger charge is 2.38. The topological polar surface area (TPSA) is 83.8 Å². The van der Waals surface area contributed by atoms with Crippen LogP contribution in [0.3, 0.4) is 0 Å². The van der Waals surface area contributed by atoms with E-state index >= 15 is 0 Å². The van der Waals surface area contributed by atoms with Crippen molar-refractivity contribution in [2.24, 2.45) is 0 Å². The minimum atomic E-state index is 0.554. The minimum absolute atomic E-state index is 0.554. The quantitative estimate of drug-likeness (QED) is 0.554. The Hall–Kier alpha value is -3.04. The van der Waals surface area contributed by atoms with E-state index in [9.17, 15) is 0 Å². The number of aromatic nitrogens is 5. The first-order chi connectivity index (χ1) is 13.8. The molecule has 2 aliphatic rings. The van der Waals surface area contributed by atoms with E-state index in [1.807, 2.05) is 36.7 Å². The van der Waals surface area contributed by atoms with Crippen molar-refractivity contribution in [1.29, 1.82) is 0 Å². The highest BCUT2D eigenvalue weighted by atomic mass is 32.1. The van der Waals surface area contributed by atoms with Crippen LogP contribution in [-0.2, 0) is 0 Å². The van der Waals surface area contributed by atoms with Crippen LogP contribution >= 0.6 is 11.3 Å². The summed E-state index contributed by atoms with van der Waals surface area (Å²) in [7, 11) is 0. The average molecular weight is 390 g/mol. The van der Waals surface area contributed by atoms with Crippen LogP contribution in [0.4, 0.5) is 17.5 Å². The zero-order chi connectivity index (χ0) is 18.5. The third-order valence-corrected chi connectivity index (χ3v) is 6.30. The molecule has 2 bridgehead atoms. The van der Waals surface area contributed by atoms with Crippen LogP contribution in [0.1, 0.15) is 6.42 Å². The number of rotatable bonds is 4. The molecule has 140 valence electrons. The van der Waals surface area contributed by atoms with E-state index in [2.05, 4.69) is 36.7 Å². The number of thiazole rings is 1. The molecule has 4 aromatic heterocycles. The van der Waals surface area contributed by atoms with Crippen LogP contribution < -0.4 is 15.5 Å². The molecule has 2 saturated heterocycles. The van der Waals surface area contributed by atoms with Gasteiger partial charge >= 0.3 is 0 Å². The molecule has 0 amide bonds. The Bertz CT molecular complexity index is 1140. The first-order valence-corrected chi connectivity index (χ1v) is 10.1. The fourth-order valence-corrected chi connectivity index (χ4v) is 4.85. The van der Waals surface area contributed by atoms with Crippen LogP contribution in [0.5, 0.6) is 0 Å². The molecular weight excluding hydrogens is 372 g/mol. The van der Waals surface area contributed by atoms with Crippen molar-refractivity contribution in [3.63, 3.8) is 0 Å². The summed E-state index contributed by atoms with van der Waals surface area (Å²) >= 11 is 1.57. The largest absolute Gasteiger partial charge is 0.351 e. The van der Waals surface area contributed by atoms with Gasteiger partial charge < -0.3 is 15.5 Å². The number of hydrogen-bond donors (Lipinski definition) is 2. The molecule has 0 spiro atoms. The van der Waals surface area contributed by atoms with Gasteiger partial charge in [-0.2, -0.15) is 5.10 Å². The maximum Gasteiger partial charge on any atom is 0.211 e. The lowest BCUT2D eigenvalue weighted by Crippen LogP contribution is -2.44. The molecule has 2 N–H and O–H groups in total. The summed E-state index contributed by atoms with van der Waals surface area (Å²) in [5, 5.41) is 11.9. The molecule has 2 fully saturated rings. The molecule has 9 heteroatoms. The molecule has 0 aromatic carbocycles. The van der Waals surface area contributed by atoms with Crippen LogP contribution in [0.25, 0.3) is 15.3 Å². The van der Waals surface area contributed by atoms with Crippen molar-refractivity contribution < 1.29 is 0 Å². The van der Waals surface area contributed by atoms with Gasteiger partial charge in [-0.05, 0) is 24.6 Å². The second-order valence-corrected chi connectivity index (χ2v) is 8.15. The Balaban J connectivity index is 1.26. The van der Waals surface area contributed by atoms with Gasteiger partial charge in [0.15, 0.2) is 0 Å². The average Bonchev–Trinajstić information content (AvgIpc) is 3.51. The smallest absolute Gasteiger partial charge is 0.211 e. The zero-order valence-electron chi connectivity index (χ0n) is 15.0. The second-order valence-electron chi connectivity index (χ2n) is 7.14. The Morgan fingerprint density at radius 3 is 3.00 bits per heavy atom. The van der Waals surface area contributed by atoms with Crippen LogP contribution in [-0.4, -0.2) is 49.9 Å². The van der Waals surface area contributed by atoms with Gasteiger partial charge in [-0.15, -0.1) is 0 Å². The van der Waals surface area contributed by atoms with Gasteiger partial charge in [-0.3, -0.25) is 0 Å². The minimum Gasteiger partial charge on any atom is -0.351 e. The summed E-state index contributed by atoms with van der Waals surface area (Å²) in [6.07, 6.45) is 6.69. The van der Waals surface area contributed by atoms with Crippen molar-refractivity contribution >= 4 is 39.0 Å². The normalized spacial score (nSPS) is 20.9. The molecule has 4 aromatic rings. The van der Waals surface area contributed by atoms with Gasteiger partial charge in [0.1, 0.15) is 17.5 Å². The van der Waals surface area contributed by atoms with Gasteiger partial charge in [-0.1, -0.05) is 17.4 Å². The molecular formula is C19H18N8S. The van der Waals surface area contributed by atoms with Gasteiger partial charge in [-0.25, -0.2) is 19.6 Å². The lowest BCUT2D eigenvalue weighted by atomic mass is 10.2. The van der Waals surface area contributed by atoms with E-state index in [1.54, 1.807) is 22.2 Å². The fraction of sp³-hybridized carbons (Fsp3) is 0.263. The number of piperazine rings is 1. The maximum absolute atomic E-state index is 4.81. The number of fused-ring (bicyclic) bond motifs is 3. The third-order valence-electron chi connectivity index (χ3n) is 5.31. The van der Waals surface area contributed by atoms with Gasteiger partial charge in [0, 0.05) is 49.8 Å².